The van der Waals surface area contributed by atoms with Gasteiger partial charge in [-0.1, -0.05) is 39.8 Å². The molecule has 0 spiro atoms. The second kappa shape index (κ2) is 12.4. The van der Waals surface area contributed by atoms with Crippen molar-refractivity contribution in [2.75, 3.05) is 19.7 Å². The smallest absolute Gasteiger partial charge is 0.340 e. The Labute approximate surface area is 179 Å². The number of carbonyl (C=O) groups is 2. The number of aryl methyl sites for hydroxylation is 1. The summed E-state index contributed by atoms with van der Waals surface area (Å²) >= 11 is 0. The van der Waals surface area contributed by atoms with Crippen molar-refractivity contribution in [1.29, 1.82) is 0 Å². The molecule has 31 heavy (non-hydrogen) atoms. The van der Waals surface area contributed by atoms with Crippen molar-refractivity contribution in [3.8, 4) is 0 Å². The van der Waals surface area contributed by atoms with Gasteiger partial charge in [0.25, 0.3) is 5.56 Å². The lowest BCUT2D eigenvalue weighted by Crippen LogP contribution is -2.30. The predicted molar refractivity (Wildman–Crippen MR) is 111 cm³/mol. The van der Waals surface area contributed by atoms with Crippen LogP contribution < -0.4 is 11.2 Å². The molecule has 0 amide bonds. The molecule has 174 valence electrons. The Morgan fingerprint density at radius 2 is 1.55 bits per heavy atom. The third-order valence-electron chi connectivity index (χ3n) is 3.83. The standard InChI is InChI=1S/C19H29N2O9P/c1-13(2)17(23)27-11-29-31(26,30-12-28-18(24)14(3)4)9-7-6-8-21-10-15(5)16(22)20-19(21)25/h6-7,10,13-14H,8-9,11-12H2,1-5H3,(H,20,22,25)/b7-6+. The van der Waals surface area contributed by atoms with E-state index in [4.69, 9.17) is 18.5 Å². The highest BCUT2D eigenvalue weighted by atomic mass is 31.2. The summed E-state index contributed by atoms with van der Waals surface area (Å²) in [7, 11) is -3.83. The van der Waals surface area contributed by atoms with Crippen molar-refractivity contribution in [1.82, 2.24) is 9.55 Å². The summed E-state index contributed by atoms with van der Waals surface area (Å²) in [6.07, 6.45) is 4.14. The Kier molecular flexibility index (Phi) is 10.6. The molecule has 1 N–H and O–H groups in total. The maximum absolute atomic E-state index is 12.9. The predicted octanol–water partition coefficient (Wildman–Crippen LogP) is 1.94. The molecule has 0 radical (unpaired) electrons. The van der Waals surface area contributed by atoms with Gasteiger partial charge in [-0.2, -0.15) is 0 Å². The maximum atomic E-state index is 12.9. The van der Waals surface area contributed by atoms with Gasteiger partial charge in [0.2, 0.25) is 13.6 Å². The van der Waals surface area contributed by atoms with Gasteiger partial charge in [-0.3, -0.25) is 37.5 Å². The van der Waals surface area contributed by atoms with Crippen LogP contribution in [0.3, 0.4) is 0 Å². The van der Waals surface area contributed by atoms with Gasteiger partial charge < -0.3 is 9.47 Å². The number of H-pyrrole nitrogens is 1. The molecule has 0 saturated heterocycles. The molecular formula is C19H29N2O9P. The Morgan fingerprint density at radius 1 is 1.03 bits per heavy atom. The lowest BCUT2D eigenvalue weighted by Gasteiger charge is -2.18. The third-order valence-corrected chi connectivity index (χ3v) is 5.49. The van der Waals surface area contributed by atoms with Gasteiger partial charge in [-0.25, -0.2) is 4.79 Å². The summed E-state index contributed by atoms with van der Waals surface area (Å²) in [6, 6.07) is 0. The van der Waals surface area contributed by atoms with E-state index in [1.165, 1.54) is 22.9 Å². The van der Waals surface area contributed by atoms with Gasteiger partial charge in [0.15, 0.2) is 0 Å². The van der Waals surface area contributed by atoms with Crippen molar-refractivity contribution < 1.29 is 32.7 Å². The minimum Gasteiger partial charge on any atom is -0.438 e. The first-order chi connectivity index (χ1) is 14.4. The van der Waals surface area contributed by atoms with E-state index < -0.39 is 56.2 Å². The van der Waals surface area contributed by atoms with E-state index in [1.54, 1.807) is 34.6 Å². The minimum atomic E-state index is -3.83. The van der Waals surface area contributed by atoms with Gasteiger partial charge >= 0.3 is 25.2 Å². The topological polar surface area (TPSA) is 143 Å². The van der Waals surface area contributed by atoms with Crippen LogP contribution in [0.25, 0.3) is 0 Å². The van der Waals surface area contributed by atoms with Gasteiger partial charge in [-0.05, 0) is 6.92 Å². The van der Waals surface area contributed by atoms with Crippen LogP contribution in [0, 0.1) is 18.8 Å². The number of aromatic nitrogens is 2. The van der Waals surface area contributed by atoms with E-state index >= 15 is 0 Å². The van der Waals surface area contributed by atoms with Crippen molar-refractivity contribution in [2.45, 2.75) is 41.2 Å². The molecule has 11 nitrogen and oxygen atoms in total. The fourth-order valence-corrected chi connectivity index (χ4v) is 3.07. The largest absolute Gasteiger partial charge is 0.438 e. The van der Waals surface area contributed by atoms with Crippen LogP contribution in [-0.2, 0) is 39.2 Å². The van der Waals surface area contributed by atoms with Crippen LogP contribution >= 0.6 is 7.60 Å². The number of allylic oxidation sites excluding steroid dienone is 2. The molecule has 0 unspecified atom stereocenters. The van der Waals surface area contributed by atoms with Crippen LogP contribution in [0.2, 0.25) is 0 Å². The first kappa shape index (κ1) is 26.5. The molecule has 12 heteroatoms. The number of carbonyl (C=O) groups excluding carboxylic acids is 2. The zero-order valence-corrected chi connectivity index (χ0v) is 19.2. The summed E-state index contributed by atoms with van der Waals surface area (Å²) in [5.41, 5.74) is -0.690. The number of ether oxygens (including phenoxy) is 2. The summed E-state index contributed by atoms with van der Waals surface area (Å²) < 4.78 is 34.1. The lowest BCUT2D eigenvalue weighted by atomic mass is 10.2. The number of hydrogen-bond donors (Lipinski definition) is 1. The van der Waals surface area contributed by atoms with E-state index in [-0.39, 0.29) is 12.7 Å². The SMILES string of the molecule is Cc1cn(C/C=C/CP(=O)(OCOC(=O)C(C)C)OCOC(=O)C(C)C)c(=O)[nH]c1=O. The Bertz CT molecular complexity index is 916. The first-order valence-corrected chi connectivity index (χ1v) is 11.3. The number of rotatable bonds is 12. The summed E-state index contributed by atoms with van der Waals surface area (Å²) in [4.78, 5) is 48.4. The van der Waals surface area contributed by atoms with Crippen molar-refractivity contribution >= 4 is 19.5 Å². The molecule has 0 aliphatic rings. The minimum absolute atomic E-state index is 0.0983. The van der Waals surface area contributed by atoms with Crippen molar-refractivity contribution in [2.24, 2.45) is 11.8 Å². The molecule has 1 aromatic heterocycles. The molecule has 0 bridgehead atoms. The summed E-state index contributed by atoms with van der Waals surface area (Å²) in [6.45, 7) is 6.99. The first-order valence-electron chi connectivity index (χ1n) is 9.62. The van der Waals surface area contributed by atoms with E-state index in [0.717, 1.165) is 0 Å². The zero-order chi connectivity index (χ0) is 23.6. The zero-order valence-electron chi connectivity index (χ0n) is 18.3. The highest BCUT2D eigenvalue weighted by Crippen LogP contribution is 2.48. The van der Waals surface area contributed by atoms with Gasteiger partial charge in [0.1, 0.15) is 0 Å². The van der Waals surface area contributed by atoms with E-state index in [2.05, 4.69) is 4.98 Å². The van der Waals surface area contributed by atoms with Crippen LogP contribution in [0.4, 0.5) is 0 Å². The highest BCUT2D eigenvalue weighted by molar-refractivity contribution is 7.54. The van der Waals surface area contributed by atoms with Gasteiger partial charge in [0, 0.05) is 18.3 Å². The Hall–Kier alpha value is -2.49. The van der Waals surface area contributed by atoms with Crippen LogP contribution in [0.1, 0.15) is 33.3 Å². The summed E-state index contributed by atoms with van der Waals surface area (Å²) in [5.74, 6) is -1.87. The number of aromatic amines is 1. The fourth-order valence-electron chi connectivity index (χ4n) is 1.95. The number of esters is 2. The van der Waals surface area contributed by atoms with Crippen LogP contribution in [0.5, 0.6) is 0 Å². The summed E-state index contributed by atoms with van der Waals surface area (Å²) in [5, 5.41) is 0. The molecule has 1 aromatic rings. The number of nitrogens with one attached hydrogen (secondary N) is 1. The molecule has 1 rings (SSSR count). The lowest BCUT2D eigenvalue weighted by molar-refractivity contribution is -0.156. The second-order valence-electron chi connectivity index (χ2n) is 7.22. The average molecular weight is 460 g/mol. The van der Waals surface area contributed by atoms with Crippen molar-refractivity contribution in [3.63, 3.8) is 0 Å². The molecule has 0 atom stereocenters. The number of nitrogens with zero attached hydrogens (tertiary/aromatic N) is 1. The van der Waals surface area contributed by atoms with E-state index in [1.807, 2.05) is 0 Å². The van der Waals surface area contributed by atoms with Gasteiger partial charge in [0.05, 0.1) is 18.0 Å². The molecule has 0 aliphatic heterocycles. The molecule has 0 fully saturated rings. The Morgan fingerprint density at radius 3 is 2.03 bits per heavy atom. The molecule has 0 saturated carbocycles. The van der Waals surface area contributed by atoms with E-state index in [0.29, 0.717) is 5.56 Å². The molecular weight excluding hydrogens is 431 g/mol. The third kappa shape index (κ3) is 9.46. The highest BCUT2D eigenvalue weighted by Gasteiger charge is 2.25. The Balaban J connectivity index is 2.76. The van der Waals surface area contributed by atoms with Gasteiger partial charge in [-0.15, -0.1) is 0 Å². The van der Waals surface area contributed by atoms with Crippen LogP contribution in [0.15, 0.2) is 27.9 Å². The average Bonchev–Trinajstić information content (AvgIpc) is 2.68. The normalized spacial score (nSPS) is 12.0. The number of hydrogen-bond acceptors (Lipinski definition) is 9. The fraction of sp³-hybridized carbons (Fsp3) is 0.579. The molecule has 0 aliphatic carbocycles. The van der Waals surface area contributed by atoms with Crippen LogP contribution in [-0.4, -0.2) is 41.2 Å². The second-order valence-corrected chi connectivity index (χ2v) is 9.32. The van der Waals surface area contributed by atoms with E-state index in [9.17, 15) is 23.7 Å². The maximum Gasteiger partial charge on any atom is 0.340 e. The quantitative estimate of drug-likeness (QED) is 0.214. The molecule has 1 heterocycles. The molecule has 0 aromatic carbocycles. The van der Waals surface area contributed by atoms with Crippen molar-refractivity contribution in [3.05, 3.63) is 44.8 Å². The monoisotopic (exact) mass is 460 g/mol.